The lowest BCUT2D eigenvalue weighted by atomic mass is 10.0. The smallest absolute Gasteiger partial charge is 0.253 e. The first kappa shape index (κ1) is 25.9. The van der Waals surface area contributed by atoms with Crippen LogP contribution in [-0.4, -0.2) is 48.4 Å². The molecule has 1 saturated heterocycles. The topological polar surface area (TPSA) is 32.8 Å². The van der Waals surface area contributed by atoms with Crippen molar-refractivity contribution in [3.05, 3.63) is 77.1 Å². The third kappa shape index (κ3) is 7.35. The molecule has 0 spiro atoms. The van der Waals surface area contributed by atoms with E-state index in [0.717, 1.165) is 55.2 Å². The molecule has 1 heterocycles. The highest BCUT2D eigenvalue weighted by Crippen LogP contribution is 2.25. The molecule has 0 aliphatic carbocycles. The maximum atomic E-state index is 13.1. The summed E-state index contributed by atoms with van der Waals surface area (Å²) in [4.78, 5) is 17.5. The largest absolute Gasteiger partial charge is 0.489 e. The van der Waals surface area contributed by atoms with Crippen LogP contribution in [-0.2, 0) is 13.0 Å². The summed E-state index contributed by atoms with van der Waals surface area (Å²) in [6, 6.07) is 11.9. The van der Waals surface area contributed by atoms with Gasteiger partial charge in [-0.3, -0.25) is 9.69 Å². The van der Waals surface area contributed by atoms with Crippen molar-refractivity contribution in [1.29, 1.82) is 0 Å². The Balaban J connectivity index is 0.00000363. The van der Waals surface area contributed by atoms with E-state index in [9.17, 15) is 9.18 Å². The molecule has 0 saturated carbocycles. The Bertz CT molecular complexity index is 907. The standard InChI is InChI=1S/C26H33FN2O2.ClH/c1-19(2)15-23-16-22(26(30)29-13-11-28(12-14-29)17-20(3)4)7-10-25(23)31-18-21-5-8-24(27)9-6-21;/h5-10,16,20H,1,11-15,17-18H2,2-4H3;1H. The minimum atomic E-state index is -0.264. The van der Waals surface area contributed by atoms with Crippen molar-refractivity contribution in [3.63, 3.8) is 0 Å². The van der Waals surface area contributed by atoms with Gasteiger partial charge in [0.2, 0.25) is 0 Å². The van der Waals surface area contributed by atoms with Crippen LogP contribution in [0.1, 0.15) is 42.3 Å². The number of halogens is 2. The van der Waals surface area contributed by atoms with Gasteiger partial charge in [-0.25, -0.2) is 4.39 Å². The average Bonchev–Trinajstić information content (AvgIpc) is 2.73. The molecule has 1 aliphatic rings. The van der Waals surface area contributed by atoms with E-state index < -0.39 is 0 Å². The molecule has 174 valence electrons. The average molecular weight is 461 g/mol. The number of benzene rings is 2. The van der Waals surface area contributed by atoms with E-state index >= 15 is 0 Å². The minimum Gasteiger partial charge on any atom is -0.489 e. The van der Waals surface area contributed by atoms with Crippen molar-refractivity contribution in [1.82, 2.24) is 9.80 Å². The van der Waals surface area contributed by atoms with Gasteiger partial charge in [-0.2, -0.15) is 0 Å². The van der Waals surface area contributed by atoms with E-state index in [1.54, 1.807) is 12.1 Å². The van der Waals surface area contributed by atoms with Crippen LogP contribution in [0.15, 0.2) is 54.6 Å². The number of hydrogen-bond donors (Lipinski definition) is 0. The van der Waals surface area contributed by atoms with E-state index in [1.165, 1.54) is 12.1 Å². The van der Waals surface area contributed by atoms with E-state index in [-0.39, 0.29) is 24.1 Å². The lowest BCUT2D eigenvalue weighted by Gasteiger charge is -2.35. The molecule has 3 rings (SSSR count). The van der Waals surface area contributed by atoms with Crippen LogP contribution >= 0.6 is 12.4 Å². The molecular weight excluding hydrogens is 427 g/mol. The van der Waals surface area contributed by atoms with Gasteiger partial charge < -0.3 is 9.64 Å². The minimum absolute atomic E-state index is 0. The number of amides is 1. The summed E-state index contributed by atoms with van der Waals surface area (Å²) in [6.45, 7) is 15.2. The maximum Gasteiger partial charge on any atom is 0.253 e. The zero-order chi connectivity index (χ0) is 22.4. The molecule has 0 radical (unpaired) electrons. The second-order valence-electron chi connectivity index (χ2n) is 8.86. The van der Waals surface area contributed by atoms with Crippen LogP contribution in [0.4, 0.5) is 4.39 Å². The molecule has 1 aliphatic heterocycles. The van der Waals surface area contributed by atoms with Crippen molar-refractivity contribution < 1.29 is 13.9 Å². The van der Waals surface area contributed by atoms with Gasteiger partial charge in [0.05, 0.1) is 0 Å². The summed E-state index contributed by atoms with van der Waals surface area (Å²) in [6.07, 6.45) is 0.641. The summed E-state index contributed by atoms with van der Waals surface area (Å²) in [7, 11) is 0. The van der Waals surface area contributed by atoms with Crippen LogP contribution in [0.2, 0.25) is 0 Å². The van der Waals surface area contributed by atoms with E-state index in [4.69, 9.17) is 4.74 Å². The number of ether oxygens (including phenoxy) is 1. The van der Waals surface area contributed by atoms with Gasteiger partial charge in [0, 0.05) is 38.3 Å². The highest BCUT2D eigenvalue weighted by molar-refractivity contribution is 5.94. The molecule has 32 heavy (non-hydrogen) atoms. The second-order valence-corrected chi connectivity index (χ2v) is 8.86. The molecule has 0 unspecified atom stereocenters. The Morgan fingerprint density at radius 3 is 2.34 bits per heavy atom. The Morgan fingerprint density at radius 2 is 1.75 bits per heavy atom. The Kier molecular flexibility index (Phi) is 9.73. The van der Waals surface area contributed by atoms with Gasteiger partial charge in [0.15, 0.2) is 0 Å². The maximum absolute atomic E-state index is 13.1. The first-order valence-electron chi connectivity index (χ1n) is 11.0. The first-order valence-corrected chi connectivity index (χ1v) is 11.0. The molecule has 2 aromatic rings. The van der Waals surface area contributed by atoms with Gasteiger partial charge in [0.1, 0.15) is 18.2 Å². The summed E-state index contributed by atoms with van der Waals surface area (Å²) in [5, 5.41) is 0. The number of hydrogen-bond acceptors (Lipinski definition) is 3. The van der Waals surface area contributed by atoms with Gasteiger partial charge >= 0.3 is 0 Å². The Labute approximate surface area is 197 Å². The van der Waals surface area contributed by atoms with E-state index in [2.05, 4.69) is 25.3 Å². The monoisotopic (exact) mass is 460 g/mol. The lowest BCUT2D eigenvalue weighted by Crippen LogP contribution is -2.49. The van der Waals surface area contributed by atoms with Crippen LogP contribution < -0.4 is 4.74 Å². The molecular formula is C26H34ClFN2O2. The molecule has 1 amide bonds. The Morgan fingerprint density at radius 1 is 1.09 bits per heavy atom. The number of nitrogens with zero attached hydrogens (tertiary/aromatic N) is 2. The normalized spacial score (nSPS) is 14.2. The molecule has 2 aromatic carbocycles. The van der Waals surface area contributed by atoms with Crippen LogP contribution in [0.25, 0.3) is 0 Å². The fourth-order valence-electron chi connectivity index (χ4n) is 3.89. The van der Waals surface area contributed by atoms with Crippen LogP contribution in [0, 0.1) is 11.7 Å². The quantitative estimate of drug-likeness (QED) is 0.497. The highest BCUT2D eigenvalue weighted by atomic mass is 35.5. The lowest BCUT2D eigenvalue weighted by molar-refractivity contribution is 0.0623. The second kappa shape index (κ2) is 12.0. The van der Waals surface area contributed by atoms with Crippen molar-refractivity contribution in [2.75, 3.05) is 32.7 Å². The molecule has 0 atom stereocenters. The van der Waals surface area contributed by atoms with E-state index in [1.807, 2.05) is 30.0 Å². The highest BCUT2D eigenvalue weighted by Gasteiger charge is 2.23. The third-order valence-electron chi connectivity index (χ3n) is 5.39. The van der Waals surface area contributed by atoms with E-state index in [0.29, 0.717) is 24.5 Å². The molecule has 0 aromatic heterocycles. The van der Waals surface area contributed by atoms with Crippen molar-refractivity contribution >= 4 is 18.3 Å². The van der Waals surface area contributed by atoms with Gasteiger partial charge in [-0.1, -0.05) is 38.1 Å². The SMILES string of the molecule is C=C(C)Cc1cc(C(=O)N2CCN(CC(C)C)CC2)ccc1OCc1ccc(F)cc1.Cl. The summed E-state index contributed by atoms with van der Waals surface area (Å²) in [5.41, 5.74) is 3.52. The van der Waals surface area contributed by atoms with Gasteiger partial charge in [-0.05, 0) is 60.7 Å². The fraction of sp³-hybridized carbons (Fsp3) is 0.423. The molecule has 0 N–H and O–H groups in total. The van der Waals surface area contributed by atoms with Gasteiger partial charge in [0.25, 0.3) is 5.91 Å². The number of allylic oxidation sites excluding steroid dienone is 1. The zero-order valence-electron chi connectivity index (χ0n) is 19.3. The zero-order valence-corrected chi connectivity index (χ0v) is 20.1. The number of carbonyl (C=O) groups excluding carboxylic acids is 1. The fourth-order valence-corrected chi connectivity index (χ4v) is 3.89. The molecule has 0 bridgehead atoms. The van der Waals surface area contributed by atoms with Crippen LogP contribution in [0.5, 0.6) is 5.75 Å². The predicted molar refractivity (Wildman–Crippen MR) is 130 cm³/mol. The van der Waals surface area contributed by atoms with Crippen LogP contribution in [0.3, 0.4) is 0 Å². The third-order valence-corrected chi connectivity index (χ3v) is 5.39. The van der Waals surface area contributed by atoms with Crippen molar-refractivity contribution in [2.24, 2.45) is 5.92 Å². The Hall–Kier alpha value is -2.37. The molecule has 4 nitrogen and oxygen atoms in total. The first-order chi connectivity index (χ1) is 14.8. The molecule has 6 heteroatoms. The number of carbonyl (C=O) groups is 1. The summed E-state index contributed by atoms with van der Waals surface area (Å²) >= 11 is 0. The summed E-state index contributed by atoms with van der Waals surface area (Å²) < 4.78 is 19.1. The number of rotatable bonds is 8. The van der Waals surface area contributed by atoms with Crippen molar-refractivity contribution in [2.45, 2.75) is 33.8 Å². The van der Waals surface area contributed by atoms with Crippen molar-refractivity contribution in [3.8, 4) is 5.75 Å². The predicted octanol–water partition coefficient (Wildman–Crippen LogP) is 5.36. The van der Waals surface area contributed by atoms with Gasteiger partial charge in [-0.15, -0.1) is 12.4 Å². The number of piperazine rings is 1. The summed E-state index contributed by atoms with van der Waals surface area (Å²) in [5.74, 6) is 1.16. The molecule has 1 fully saturated rings.